The molecule has 0 amide bonds. The highest BCUT2D eigenvalue weighted by molar-refractivity contribution is 9.10. The van der Waals surface area contributed by atoms with Gasteiger partial charge in [0.15, 0.2) is 5.11 Å². The van der Waals surface area contributed by atoms with Crippen LogP contribution in [0.15, 0.2) is 83.5 Å². The Labute approximate surface area is 213 Å². The fourth-order valence-corrected chi connectivity index (χ4v) is 5.54. The molecule has 2 aromatic heterocycles. The number of nitrogens with one attached hydrogen (secondary N) is 1. The van der Waals surface area contributed by atoms with E-state index in [0.29, 0.717) is 5.11 Å². The maximum absolute atomic E-state index is 5.88. The van der Waals surface area contributed by atoms with Gasteiger partial charge in [-0.1, -0.05) is 34.1 Å². The van der Waals surface area contributed by atoms with E-state index in [2.05, 4.69) is 85.9 Å². The smallest absolute Gasteiger partial charge is 0.174 e. The molecule has 0 radical (unpaired) electrons. The zero-order valence-corrected chi connectivity index (χ0v) is 21.6. The summed E-state index contributed by atoms with van der Waals surface area (Å²) in [6.45, 7) is 4.31. The number of ether oxygens (including phenoxy) is 1. The van der Waals surface area contributed by atoms with E-state index in [4.69, 9.17) is 17.0 Å². The first-order chi connectivity index (χ1) is 16.5. The maximum atomic E-state index is 5.88. The minimum Gasteiger partial charge on any atom is -0.497 e. The normalized spacial score (nSPS) is 17.6. The third-order valence-electron chi connectivity index (χ3n) is 6.28. The van der Waals surface area contributed by atoms with Crippen molar-refractivity contribution < 1.29 is 4.74 Å². The molecule has 0 aliphatic carbocycles. The number of hydrogen-bond acceptors (Lipinski definition) is 3. The zero-order chi connectivity index (χ0) is 23.8. The summed E-state index contributed by atoms with van der Waals surface area (Å²) in [7, 11) is 1.68. The highest BCUT2D eigenvalue weighted by Gasteiger charge is 2.42. The van der Waals surface area contributed by atoms with E-state index in [-0.39, 0.29) is 12.1 Å². The van der Waals surface area contributed by atoms with Gasteiger partial charge >= 0.3 is 0 Å². The predicted octanol–water partition coefficient (Wildman–Crippen LogP) is 6.44. The first-order valence-corrected chi connectivity index (χ1v) is 12.3. The Hall–Kier alpha value is -3.16. The fraction of sp³-hybridized carbons (Fsp3) is 0.185. The van der Waals surface area contributed by atoms with Crippen LogP contribution in [0.2, 0.25) is 0 Å². The van der Waals surface area contributed by atoms with Crippen LogP contribution >= 0.6 is 28.1 Å². The molecule has 5 nitrogen and oxygen atoms in total. The van der Waals surface area contributed by atoms with Crippen LogP contribution in [0.4, 0.5) is 5.69 Å². The van der Waals surface area contributed by atoms with Crippen molar-refractivity contribution in [2.24, 2.45) is 0 Å². The van der Waals surface area contributed by atoms with Gasteiger partial charge in [0.25, 0.3) is 0 Å². The van der Waals surface area contributed by atoms with E-state index in [0.717, 1.165) is 33.0 Å². The van der Waals surface area contributed by atoms with Gasteiger partial charge in [0.2, 0.25) is 0 Å². The van der Waals surface area contributed by atoms with Crippen molar-refractivity contribution in [1.29, 1.82) is 0 Å². The number of nitrogens with zero attached hydrogens (tertiary/aromatic N) is 3. The lowest BCUT2D eigenvalue weighted by Crippen LogP contribution is -2.29. The summed E-state index contributed by atoms with van der Waals surface area (Å²) in [6.07, 6.45) is 1.83. The summed E-state index contributed by atoms with van der Waals surface area (Å²) >= 11 is 9.50. The molecule has 1 N–H and O–H groups in total. The van der Waals surface area contributed by atoms with E-state index >= 15 is 0 Å². The van der Waals surface area contributed by atoms with Crippen LogP contribution < -0.4 is 15.0 Å². The van der Waals surface area contributed by atoms with Crippen LogP contribution in [-0.4, -0.2) is 21.8 Å². The Bertz CT molecular complexity index is 1350. The van der Waals surface area contributed by atoms with Gasteiger partial charge in [-0.25, -0.2) is 0 Å². The number of methoxy groups -OCH3 is 1. The topological polar surface area (TPSA) is 42.3 Å². The van der Waals surface area contributed by atoms with Crippen LogP contribution in [0.5, 0.6) is 5.75 Å². The molecule has 0 bridgehead atoms. The Morgan fingerprint density at radius 3 is 2.50 bits per heavy atom. The minimum absolute atomic E-state index is 0.0818. The third kappa shape index (κ3) is 3.99. The Morgan fingerprint density at radius 2 is 1.76 bits per heavy atom. The molecule has 4 aromatic rings. The molecule has 1 saturated heterocycles. The van der Waals surface area contributed by atoms with E-state index in [1.54, 1.807) is 7.11 Å². The highest BCUT2D eigenvalue weighted by atomic mass is 79.9. The lowest BCUT2D eigenvalue weighted by molar-refractivity contribution is 0.415. The first-order valence-electron chi connectivity index (χ1n) is 11.1. The summed E-state index contributed by atoms with van der Waals surface area (Å²) in [5, 5.41) is 4.21. The molecular formula is C27H25BrN4OS. The van der Waals surface area contributed by atoms with Gasteiger partial charge in [-0.2, -0.15) is 0 Å². The number of hydrogen-bond donors (Lipinski definition) is 1. The second-order valence-electron chi connectivity index (χ2n) is 8.34. The summed E-state index contributed by atoms with van der Waals surface area (Å²) in [5.41, 5.74) is 6.57. The van der Waals surface area contributed by atoms with Crippen molar-refractivity contribution >= 4 is 38.9 Å². The van der Waals surface area contributed by atoms with Gasteiger partial charge in [-0.05, 0) is 80.2 Å². The number of thiocarbonyl (C=S) groups is 1. The number of aryl methyl sites for hydroxylation is 1. The summed E-state index contributed by atoms with van der Waals surface area (Å²) in [5.74, 6) is 0.792. The van der Waals surface area contributed by atoms with E-state index in [1.807, 2.05) is 42.6 Å². The largest absolute Gasteiger partial charge is 0.497 e. The maximum Gasteiger partial charge on any atom is 0.174 e. The van der Waals surface area contributed by atoms with Crippen LogP contribution in [-0.2, 0) is 0 Å². The number of pyridine rings is 1. The van der Waals surface area contributed by atoms with Gasteiger partial charge in [-0.3, -0.25) is 4.98 Å². The lowest BCUT2D eigenvalue weighted by Gasteiger charge is -2.28. The summed E-state index contributed by atoms with van der Waals surface area (Å²) in [6, 6.07) is 24.5. The van der Waals surface area contributed by atoms with E-state index in [9.17, 15) is 0 Å². The van der Waals surface area contributed by atoms with Gasteiger partial charge < -0.3 is 19.5 Å². The van der Waals surface area contributed by atoms with Crippen molar-refractivity contribution in [1.82, 2.24) is 14.9 Å². The molecule has 0 unspecified atom stereocenters. The van der Waals surface area contributed by atoms with Crippen LogP contribution in [0.1, 0.15) is 34.7 Å². The SMILES string of the molecule is COc1cccc(N2C(=S)N[C@H](c3ccccn3)[C@@H]2c2cc(C)n(-c3cccc(Br)c3)c2C)c1. The van der Waals surface area contributed by atoms with Crippen molar-refractivity contribution in [3.05, 3.63) is 106 Å². The van der Waals surface area contributed by atoms with Crippen molar-refractivity contribution in [2.45, 2.75) is 25.9 Å². The molecule has 3 heterocycles. The van der Waals surface area contributed by atoms with Crippen LogP contribution in [0.3, 0.4) is 0 Å². The van der Waals surface area contributed by atoms with Crippen LogP contribution in [0.25, 0.3) is 5.69 Å². The number of benzene rings is 2. The van der Waals surface area contributed by atoms with Crippen molar-refractivity contribution in [2.75, 3.05) is 12.0 Å². The van der Waals surface area contributed by atoms with Gasteiger partial charge in [0.1, 0.15) is 5.75 Å². The van der Waals surface area contributed by atoms with E-state index < -0.39 is 0 Å². The van der Waals surface area contributed by atoms with Crippen molar-refractivity contribution in [3.63, 3.8) is 0 Å². The number of aromatic nitrogens is 2. The van der Waals surface area contributed by atoms with Gasteiger partial charge in [-0.15, -0.1) is 0 Å². The molecule has 2 atom stereocenters. The number of rotatable bonds is 5. The fourth-order valence-electron chi connectivity index (χ4n) is 4.81. The summed E-state index contributed by atoms with van der Waals surface area (Å²) < 4.78 is 8.85. The number of halogens is 1. The predicted molar refractivity (Wildman–Crippen MR) is 144 cm³/mol. The third-order valence-corrected chi connectivity index (χ3v) is 7.09. The molecule has 0 saturated carbocycles. The van der Waals surface area contributed by atoms with Crippen LogP contribution in [0, 0.1) is 13.8 Å². The van der Waals surface area contributed by atoms with Gasteiger partial charge in [0, 0.05) is 39.5 Å². The first kappa shape index (κ1) is 22.6. The van der Waals surface area contributed by atoms with Crippen molar-refractivity contribution in [3.8, 4) is 11.4 Å². The molecule has 172 valence electrons. The number of anilines is 1. The molecule has 5 rings (SSSR count). The summed E-state index contributed by atoms with van der Waals surface area (Å²) in [4.78, 5) is 6.86. The Balaban J connectivity index is 1.69. The second kappa shape index (κ2) is 9.24. The molecule has 1 aliphatic heterocycles. The Morgan fingerprint density at radius 1 is 0.971 bits per heavy atom. The molecular weight excluding hydrogens is 508 g/mol. The average molecular weight is 533 g/mol. The molecule has 2 aromatic carbocycles. The molecule has 1 fully saturated rings. The van der Waals surface area contributed by atoms with Gasteiger partial charge in [0.05, 0.1) is 24.9 Å². The highest BCUT2D eigenvalue weighted by Crippen LogP contribution is 2.44. The molecule has 1 aliphatic rings. The second-order valence-corrected chi connectivity index (χ2v) is 9.64. The monoisotopic (exact) mass is 532 g/mol. The average Bonchev–Trinajstić information content (AvgIpc) is 3.34. The molecule has 7 heteroatoms. The zero-order valence-electron chi connectivity index (χ0n) is 19.2. The minimum atomic E-state index is -0.101. The quantitative estimate of drug-likeness (QED) is 0.299. The Kier molecular flexibility index (Phi) is 6.15. The lowest BCUT2D eigenvalue weighted by atomic mass is 9.96. The molecule has 34 heavy (non-hydrogen) atoms. The standard InChI is InChI=1S/C27H25BrN4OS/c1-17-14-23(18(2)31(17)20-9-6-8-19(28)15-20)26-25(24-12-4-5-13-29-24)30-27(34)32(26)21-10-7-11-22(16-21)33-3/h4-16,25-26H,1-3H3,(H,30,34)/t25-,26+/m1/s1. The molecule has 0 spiro atoms. The van der Waals surface area contributed by atoms with E-state index in [1.165, 1.54) is 11.3 Å².